The average Bonchev–Trinajstić information content (AvgIpc) is 3.62. The third-order valence-electron chi connectivity index (χ3n) is 16.1. The van der Waals surface area contributed by atoms with Crippen molar-refractivity contribution in [3.8, 4) is 0 Å². The summed E-state index contributed by atoms with van der Waals surface area (Å²) in [6.07, 6.45) is 7.61. The molecule has 3 saturated heterocycles. The Bertz CT molecular complexity index is 1200. The van der Waals surface area contributed by atoms with Crippen molar-refractivity contribution >= 4 is 5.91 Å². The molecule has 5 aliphatic carbocycles. The van der Waals surface area contributed by atoms with E-state index in [1.807, 2.05) is 0 Å². The Morgan fingerprint density at radius 3 is 2.47 bits per heavy atom. The van der Waals surface area contributed by atoms with Crippen molar-refractivity contribution in [2.75, 3.05) is 47.1 Å². The molecule has 3 heterocycles. The third kappa shape index (κ3) is 4.01. The van der Waals surface area contributed by atoms with E-state index in [1.165, 1.54) is 37.9 Å². The summed E-state index contributed by atoms with van der Waals surface area (Å²) in [4.78, 5) is 20.8. The van der Waals surface area contributed by atoms with Crippen LogP contribution < -0.4 is 0 Å². The molecule has 8 unspecified atom stereocenters. The SMILES string of the molecule is CON(C)C(=O)C1C[C@@H](C)C2C(O1)[C@H](O)[C@@]1(C)C3CC[C@H]4C(C)(C)C(O[C@H]5CN(C6COC6)CCO5)CCC45CC35CCC21C. The second-order valence-electron chi connectivity index (χ2n) is 17.6. The summed E-state index contributed by atoms with van der Waals surface area (Å²) in [7, 11) is 3.16. The van der Waals surface area contributed by atoms with E-state index in [0.29, 0.717) is 35.6 Å². The number of fused-ring (bicyclic) bond motifs is 4. The Hall–Kier alpha value is -0.810. The first-order valence-electron chi connectivity index (χ1n) is 18.1. The van der Waals surface area contributed by atoms with E-state index in [2.05, 4.69) is 39.5 Å². The highest BCUT2D eigenvalue weighted by molar-refractivity contribution is 5.79. The van der Waals surface area contributed by atoms with Gasteiger partial charge in [-0.1, -0.05) is 34.6 Å². The zero-order valence-corrected chi connectivity index (χ0v) is 28.8. The van der Waals surface area contributed by atoms with Crippen molar-refractivity contribution in [1.29, 1.82) is 0 Å². The van der Waals surface area contributed by atoms with Crippen LogP contribution in [0.15, 0.2) is 0 Å². The molecule has 3 aliphatic heterocycles. The van der Waals surface area contributed by atoms with E-state index in [9.17, 15) is 9.90 Å². The van der Waals surface area contributed by atoms with Gasteiger partial charge in [0.1, 0.15) is 6.10 Å². The first kappa shape index (κ1) is 31.5. The maximum atomic E-state index is 13.1. The highest BCUT2D eigenvalue weighted by Crippen LogP contribution is 2.89. The van der Waals surface area contributed by atoms with Gasteiger partial charge < -0.3 is 24.1 Å². The summed E-state index contributed by atoms with van der Waals surface area (Å²) in [6.45, 7) is 16.3. The van der Waals surface area contributed by atoms with Gasteiger partial charge in [0.2, 0.25) is 0 Å². The number of nitrogens with zero attached hydrogens (tertiary/aromatic N) is 2. The molecule has 2 spiro atoms. The number of hydrogen-bond acceptors (Lipinski definition) is 8. The van der Waals surface area contributed by atoms with Crippen LogP contribution >= 0.6 is 0 Å². The van der Waals surface area contributed by atoms with Crippen molar-refractivity contribution in [3.63, 3.8) is 0 Å². The molecule has 9 heteroatoms. The Labute approximate surface area is 269 Å². The van der Waals surface area contributed by atoms with Gasteiger partial charge in [-0.15, -0.1) is 0 Å². The predicted molar refractivity (Wildman–Crippen MR) is 167 cm³/mol. The molecule has 45 heavy (non-hydrogen) atoms. The maximum absolute atomic E-state index is 13.1. The second-order valence-corrected chi connectivity index (χ2v) is 17.6. The quantitative estimate of drug-likeness (QED) is 0.451. The number of morpholine rings is 1. The molecule has 0 aromatic heterocycles. The highest BCUT2D eigenvalue weighted by Gasteiger charge is 2.84. The molecule has 0 bridgehead atoms. The predicted octanol–water partition coefficient (Wildman–Crippen LogP) is 4.26. The van der Waals surface area contributed by atoms with Crippen molar-refractivity contribution in [2.45, 2.75) is 123 Å². The van der Waals surface area contributed by atoms with E-state index in [4.69, 9.17) is 23.8 Å². The molecule has 8 aliphatic rings. The lowest BCUT2D eigenvalue weighted by atomic mass is 9.41. The van der Waals surface area contributed by atoms with Crippen LogP contribution in [0.25, 0.3) is 0 Å². The van der Waals surface area contributed by atoms with Crippen LogP contribution in [0.5, 0.6) is 0 Å². The summed E-state index contributed by atoms with van der Waals surface area (Å²) in [5, 5.41) is 13.7. The van der Waals surface area contributed by atoms with Gasteiger partial charge in [0.05, 0.1) is 57.8 Å². The fourth-order valence-corrected chi connectivity index (χ4v) is 13.6. The molecule has 0 aromatic carbocycles. The number of rotatable bonds is 5. The standard InChI is InChI=1S/C36H58N2O7/c1-21-16-23(31(40)37(6)41-7)44-29-28(21)33(4)12-13-36-20-35(36)11-10-26(45-27-17-38(14-15-43-27)22-18-42-19-22)32(2,3)24(35)8-9-25(36)34(33,5)30(29)39/h21-30,39H,8-20H2,1-7H3/t21-,23?,24+,25?,26?,27+,28?,29?,30+,33?,34-,35?,36?/m1/s1. The molecule has 1 N–H and O–H groups in total. The highest BCUT2D eigenvalue weighted by atomic mass is 16.7. The number of amides is 1. The van der Waals surface area contributed by atoms with Crippen LogP contribution in [0.1, 0.15) is 86.0 Å². The number of aliphatic hydroxyl groups is 1. The van der Waals surface area contributed by atoms with Gasteiger partial charge in [0, 0.05) is 19.0 Å². The number of hydrogen-bond donors (Lipinski definition) is 1. The first-order valence-corrected chi connectivity index (χ1v) is 18.1. The van der Waals surface area contributed by atoms with E-state index in [0.717, 1.165) is 52.2 Å². The van der Waals surface area contributed by atoms with Crippen LogP contribution in [0.4, 0.5) is 0 Å². The Kier molecular flexibility index (Phi) is 7.23. The minimum Gasteiger partial charge on any atom is -0.390 e. The zero-order chi connectivity index (χ0) is 31.7. The van der Waals surface area contributed by atoms with Crippen LogP contribution in [0.2, 0.25) is 0 Å². The summed E-state index contributed by atoms with van der Waals surface area (Å²) in [5.74, 6) is 1.49. The van der Waals surface area contributed by atoms with Crippen LogP contribution in [-0.2, 0) is 28.6 Å². The average molecular weight is 631 g/mol. The first-order chi connectivity index (χ1) is 21.3. The molecule has 0 radical (unpaired) electrons. The number of likely N-dealkylation sites (N-methyl/N-ethyl adjacent to an activating group) is 1. The second kappa shape index (κ2) is 10.3. The molecule has 8 rings (SSSR count). The topological polar surface area (TPSA) is 89.9 Å². The Morgan fingerprint density at radius 1 is 1.02 bits per heavy atom. The van der Waals surface area contributed by atoms with E-state index in [1.54, 1.807) is 7.05 Å². The van der Waals surface area contributed by atoms with Gasteiger partial charge in [-0.2, -0.15) is 0 Å². The summed E-state index contributed by atoms with van der Waals surface area (Å²) in [6, 6.07) is 0.517. The number of hydroxylamine groups is 2. The van der Waals surface area contributed by atoms with Crippen LogP contribution in [0.3, 0.4) is 0 Å². The number of carbonyl (C=O) groups excluding carboxylic acids is 1. The number of carbonyl (C=O) groups is 1. The van der Waals surface area contributed by atoms with Crippen molar-refractivity contribution in [3.05, 3.63) is 0 Å². The van der Waals surface area contributed by atoms with Gasteiger partial charge in [0.15, 0.2) is 6.29 Å². The largest absolute Gasteiger partial charge is 0.390 e. The van der Waals surface area contributed by atoms with E-state index >= 15 is 0 Å². The lowest BCUT2D eigenvalue weighted by molar-refractivity contribution is -0.256. The molecule has 1 amide bonds. The lowest BCUT2D eigenvalue weighted by Gasteiger charge is -2.64. The molecular weight excluding hydrogens is 572 g/mol. The smallest absolute Gasteiger partial charge is 0.274 e. The minimum atomic E-state index is -0.574. The van der Waals surface area contributed by atoms with Crippen molar-refractivity contribution in [1.82, 2.24) is 9.96 Å². The fraction of sp³-hybridized carbons (Fsp3) is 0.972. The molecule has 254 valence electrons. The van der Waals surface area contributed by atoms with Gasteiger partial charge in [0.25, 0.3) is 5.91 Å². The minimum absolute atomic E-state index is 0.0181. The fourth-order valence-electron chi connectivity index (χ4n) is 13.6. The molecule has 8 fully saturated rings. The summed E-state index contributed by atoms with van der Waals surface area (Å²) >= 11 is 0. The number of ether oxygens (including phenoxy) is 4. The monoisotopic (exact) mass is 630 g/mol. The Balaban J connectivity index is 1.03. The van der Waals surface area contributed by atoms with Gasteiger partial charge in [-0.05, 0) is 96.7 Å². The normalized spacial score (nSPS) is 53.6. The third-order valence-corrected chi connectivity index (χ3v) is 16.1. The Morgan fingerprint density at radius 2 is 1.76 bits per heavy atom. The zero-order valence-electron chi connectivity index (χ0n) is 28.8. The molecular formula is C36H58N2O7. The summed E-state index contributed by atoms with van der Waals surface area (Å²) in [5.41, 5.74) is 0.441. The van der Waals surface area contributed by atoms with Crippen LogP contribution in [0, 0.1) is 50.7 Å². The van der Waals surface area contributed by atoms with Crippen molar-refractivity contribution < 1.29 is 33.7 Å². The maximum Gasteiger partial charge on any atom is 0.274 e. The van der Waals surface area contributed by atoms with Gasteiger partial charge in [-0.3, -0.25) is 14.5 Å². The summed E-state index contributed by atoms with van der Waals surface area (Å²) < 4.78 is 25.2. The van der Waals surface area contributed by atoms with E-state index < -0.39 is 12.2 Å². The molecule has 9 nitrogen and oxygen atoms in total. The molecule has 0 aromatic rings. The van der Waals surface area contributed by atoms with Gasteiger partial charge >= 0.3 is 0 Å². The van der Waals surface area contributed by atoms with Crippen LogP contribution in [-0.4, -0.2) is 105 Å². The lowest BCUT2D eigenvalue weighted by Crippen LogP contribution is -2.60. The molecule has 5 saturated carbocycles. The molecule has 13 atom stereocenters. The van der Waals surface area contributed by atoms with E-state index in [-0.39, 0.29) is 52.0 Å². The van der Waals surface area contributed by atoms with Crippen molar-refractivity contribution in [2.24, 2.45) is 50.7 Å². The van der Waals surface area contributed by atoms with Gasteiger partial charge in [-0.25, -0.2) is 5.06 Å². The number of aliphatic hydroxyl groups excluding tert-OH is 1.